The summed E-state index contributed by atoms with van der Waals surface area (Å²) in [4.78, 5) is 23.5. The summed E-state index contributed by atoms with van der Waals surface area (Å²) in [6, 6.07) is 15.8. The number of aromatic nitrogens is 5. The van der Waals surface area contributed by atoms with Gasteiger partial charge in [0.25, 0.3) is 0 Å². The highest BCUT2D eigenvalue weighted by atomic mass is 16.5. The smallest absolute Gasteiger partial charge is 0.219 e. The van der Waals surface area contributed by atoms with Crippen LogP contribution in [0.3, 0.4) is 0 Å². The van der Waals surface area contributed by atoms with Gasteiger partial charge in [0, 0.05) is 37.8 Å². The maximum atomic E-state index is 12.2. The highest BCUT2D eigenvalue weighted by molar-refractivity contribution is 6.07. The molecule has 0 aliphatic heterocycles. The van der Waals surface area contributed by atoms with E-state index < -0.39 is 0 Å². The van der Waals surface area contributed by atoms with Gasteiger partial charge in [-0.3, -0.25) is 4.79 Å². The van der Waals surface area contributed by atoms with Crippen LogP contribution < -0.4 is 10.5 Å². The molecule has 0 atom stereocenters. The summed E-state index contributed by atoms with van der Waals surface area (Å²) in [5, 5.41) is 5.25. The molecule has 3 aromatic heterocycles. The number of carbonyl (C=O) groups is 1. The van der Waals surface area contributed by atoms with Crippen LogP contribution in [-0.4, -0.2) is 48.8 Å². The van der Waals surface area contributed by atoms with Crippen LogP contribution in [0.15, 0.2) is 60.9 Å². The van der Waals surface area contributed by atoms with Crippen molar-refractivity contribution in [1.82, 2.24) is 29.2 Å². The molecule has 3 heterocycles. The lowest BCUT2D eigenvalue weighted by Crippen LogP contribution is -2.29. The SMILES string of the molecule is CCN(Cc1nc2c(N)nc3cc(-n4cccn4)ccc3c2n1Cc1ccc(OC)cc1)C(C)=O. The Morgan fingerprint density at radius 3 is 2.60 bits per heavy atom. The number of benzene rings is 2. The van der Waals surface area contributed by atoms with Crippen molar-refractivity contribution in [2.24, 2.45) is 0 Å². The minimum atomic E-state index is -0.00428. The lowest BCUT2D eigenvalue weighted by atomic mass is 10.1. The van der Waals surface area contributed by atoms with Crippen LogP contribution in [0.4, 0.5) is 5.82 Å². The van der Waals surface area contributed by atoms with Gasteiger partial charge >= 0.3 is 0 Å². The first kappa shape index (κ1) is 22.4. The fourth-order valence-corrected chi connectivity index (χ4v) is 4.33. The molecule has 5 aromatic rings. The third-order valence-corrected chi connectivity index (χ3v) is 6.19. The standard InChI is InChI=1S/C26H27N7O2/c1-4-31(17(2)34)16-23-30-24-25(32(23)15-18-6-9-20(35-3)10-7-18)21-11-8-19(33-13-5-12-28-33)14-22(21)29-26(24)27/h5-14H,4,15-16H2,1-3H3,(H2,27,29). The van der Waals surface area contributed by atoms with Crippen molar-refractivity contribution in [3.8, 4) is 11.4 Å². The van der Waals surface area contributed by atoms with Gasteiger partial charge in [0.1, 0.15) is 17.1 Å². The van der Waals surface area contributed by atoms with E-state index >= 15 is 0 Å². The zero-order valence-electron chi connectivity index (χ0n) is 20.0. The number of carbonyl (C=O) groups excluding carboxylic acids is 1. The predicted octanol–water partition coefficient (Wildman–Crippen LogP) is 3.78. The number of hydrogen-bond donors (Lipinski definition) is 1. The first-order chi connectivity index (χ1) is 17.0. The number of nitrogens with zero attached hydrogens (tertiary/aromatic N) is 6. The molecule has 1 amide bonds. The molecular weight excluding hydrogens is 442 g/mol. The fourth-order valence-electron chi connectivity index (χ4n) is 4.33. The molecule has 178 valence electrons. The molecule has 35 heavy (non-hydrogen) atoms. The number of ether oxygens (including phenoxy) is 1. The minimum Gasteiger partial charge on any atom is -0.497 e. The van der Waals surface area contributed by atoms with Gasteiger partial charge in [-0.2, -0.15) is 5.10 Å². The average Bonchev–Trinajstić information content (AvgIpc) is 3.52. The normalized spacial score (nSPS) is 11.3. The van der Waals surface area contributed by atoms with E-state index in [1.54, 1.807) is 29.8 Å². The van der Waals surface area contributed by atoms with E-state index in [1.165, 1.54) is 0 Å². The Morgan fingerprint density at radius 1 is 1.14 bits per heavy atom. The summed E-state index contributed by atoms with van der Waals surface area (Å²) in [6.45, 7) is 5.05. The van der Waals surface area contributed by atoms with Crippen molar-refractivity contribution >= 4 is 33.7 Å². The summed E-state index contributed by atoms with van der Waals surface area (Å²) in [5.41, 5.74) is 10.7. The molecule has 0 saturated heterocycles. The maximum absolute atomic E-state index is 12.2. The molecular formula is C26H27N7O2. The van der Waals surface area contributed by atoms with Crippen molar-refractivity contribution in [3.05, 3.63) is 72.3 Å². The third kappa shape index (κ3) is 4.16. The first-order valence-electron chi connectivity index (χ1n) is 11.4. The van der Waals surface area contributed by atoms with E-state index in [1.807, 2.05) is 61.7 Å². The largest absolute Gasteiger partial charge is 0.497 e. The molecule has 5 rings (SSSR count). The summed E-state index contributed by atoms with van der Waals surface area (Å²) >= 11 is 0. The van der Waals surface area contributed by atoms with Crippen molar-refractivity contribution in [2.45, 2.75) is 26.9 Å². The fraction of sp³-hybridized carbons (Fsp3) is 0.231. The lowest BCUT2D eigenvalue weighted by Gasteiger charge is -2.19. The molecule has 0 aliphatic rings. The molecule has 9 nitrogen and oxygen atoms in total. The van der Waals surface area contributed by atoms with Gasteiger partial charge < -0.3 is 19.9 Å². The van der Waals surface area contributed by atoms with Crippen LogP contribution in [-0.2, 0) is 17.9 Å². The number of hydrogen-bond acceptors (Lipinski definition) is 6. The van der Waals surface area contributed by atoms with Gasteiger partial charge in [-0.25, -0.2) is 14.6 Å². The number of rotatable bonds is 7. The number of amides is 1. The Kier molecular flexibility index (Phi) is 5.82. The first-order valence-corrected chi connectivity index (χ1v) is 11.4. The molecule has 0 saturated carbocycles. The van der Waals surface area contributed by atoms with Crippen LogP contribution in [0.5, 0.6) is 5.75 Å². The molecule has 0 fully saturated rings. The zero-order valence-corrected chi connectivity index (χ0v) is 20.0. The van der Waals surface area contributed by atoms with Crippen molar-refractivity contribution in [3.63, 3.8) is 0 Å². The second-order valence-corrected chi connectivity index (χ2v) is 8.34. The van der Waals surface area contributed by atoms with E-state index in [9.17, 15) is 4.79 Å². The topological polar surface area (TPSA) is 104 Å². The average molecular weight is 470 g/mol. The van der Waals surface area contributed by atoms with Gasteiger partial charge in [-0.1, -0.05) is 12.1 Å². The van der Waals surface area contributed by atoms with Crippen molar-refractivity contribution in [1.29, 1.82) is 0 Å². The molecule has 0 radical (unpaired) electrons. The lowest BCUT2D eigenvalue weighted by molar-refractivity contribution is -0.129. The Hall–Kier alpha value is -4.40. The third-order valence-electron chi connectivity index (χ3n) is 6.19. The van der Waals surface area contributed by atoms with Crippen LogP contribution in [0.2, 0.25) is 0 Å². The number of nitrogens with two attached hydrogens (primary N) is 1. The summed E-state index contributed by atoms with van der Waals surface area (Å²) in [7, 11) is 1.65. The zero-order chi connectivity index (χ0) is 24.5. The number of imidazole rings is 1. The Balaban J connectivity index is 1.71. The molecule has 2 aromatic carbocycles. The molecule has 0 spiro atoms. The monoisotopic (exact) mass is 469 g/mol. The van der Waals surface area contributed by atoms with Gasteiger partial charge in [0.2, 0.25) is 5.91 Å². The highest BCUT2D eigenvalue weighted by Gasteiger charge is 2.20. The second kappa shape index (κ2) is 9.09. The molecule has 9 heteroatoms. The number of methoxy groups -OCH3 is 1. The van der Waals surface area contributed by atoms with E-state index in [-0.39, 0.29) is 5.91 Å². The molecule has 0 aliphatic carbocycles. The van der Waals surface area contributed by atoms with Gasteiger partial charge in [0.05, 0.1) is 30.4 Å². The van der Waals surface area contributed by atoms with E-state index in [0.717, 1.165) is 39.2 Å². The summed E-state index contributed by atoms with van der Waals surface area (Å²) < 4.78 is 9.23. The molecule has 0 unspecified atom stereocenters. The molecule has 2 N–H and O–H groups in total. The maximum Gasteiger partial charge on any atom is 0.219 e. The van der Waals surface area contributed by atoms with Crippen molar-refractivity contribution < 1.29 is 9.53 Å². The number of fused-ring (bicyclic) bond motifs is 3. The molecule has 0 bridgehead atoms. The van der Waals surface area contributed by atoms with E-state index in [2.05, 4.69) is 14.6 Å². The Bertz CT molecular complexity index is 1510. The summed E-state index contributed by atoms with van der Waals surface area (Å²) in [6.07, 6.45) is 3.62. The van der Waals surface area contributed by atoms with Gasteiger partial charge in [-0.05, 0) is 48.9 Å². The number of pyridine rings is 1. The van der Waals surface area contributed by atoms with Gasteiger partial charge in [-0.15, -0.1) is 0 Å². The van der Waals surface area contributed by atoms with Crippen LogP contribution in [0.25, 0.3) is 27.6 Å². The summed E-state index contributed by atoms with van der Waals surface area (Å²) in [5.74, 6) is 1.90. The second-order valence-electron chi connectivity index (χ2n) is 8.34. The predicted molar refractivity (Wildman–Crippen MR) is 135 cm³/mol. The van der Waals surface area contributed by atoms with E-state index in [4.69, 9.17) is 15.5 Å². The van der Waals surface area contributed by atoms with Crippen LogP contribution in [0, 0.1) is 0 Å². The van der Waals surface area contributed by atoms with E-state index in [0.29, 0.717) is 31.0 Å². The minimum absolute atomic E-state index is 0.00428. The number of nitrogen functional groups attached to an aromatic ring is 1. The van der Waals surface area contributed by atoms with Crippen LogP contribution in [0.1, 0.15) is 25.2 Å². The Morgan fingerprint density at radius 2 is 1.94 bits per heavy atom. The van der Waals surface area contributed by atoms with Crippen LogP contribution >= 0.6 is 0 Å². The number of anilines is 1. The highest BCUT2D eigenvalue weighted by Crippen LogP contribution is 2.31. The quantitative estimate of drug-likeness (QED) is 0.389. The van der Waals surface area contributed by atoms with Gasteiger partial charge in [0.15, 0.2) is 5.82 Å². The Labute approximate surface area is 202 Å². The van der Waals surface area contributed by atoms with Crippen molar-refractivity contribution in [2.75, 3.05) is 19.4 Å².